The van der Waals surface area contributed by atoms with Crippen LogP contribution in [0.1, 0.15) is 31.2 Å². The summed E-state index contributed by atoms with van der Waals surface area (Å²) in [6, 6.07) is 9.87. The van der Waals surface area contributed by atoms with Gasteiger partial charge >= 0.3 is 0 Å². The molecular formula is C18H20N4O3S. The van der Waals surface area contributed by atoms with Crippen molar-refractivity contribution in [3.05, 3.63) is 35.7 Å². The van der Waals surface area contributed by atoms with Gasteiger partial charge in [0.05, 0.1) is 11.8 Å². The zero-order valence-electron chi connectivity index (χ0n) is 14.7. The Morgan fingerprint density at radius 3 is 3.00 bits per heavy atom. The Hall–Kier alpha value is -2.53. The lowest BCUT2D eigenvalue weighted by molar-refractivity contribution is -0.119. The van der Waals surface area contributed by atoms with Crippen LogP contribution in [0, 0.1) is 24.2 Å². The van der Waals surface area contributed by atoms with E-state index in [2.05, 4.69) is 21.6 Å². The molecule has 1 aliphatic rings. The summed E-state index contributed by atoms with van der Waals surface area (Å²) in [5, 5.41) is 20.2. The van der Waals surface area contributed by atoms with Crippen molar-refractivity contribution in [3.63, 3.8) is 0 Å². The maximum atomic E-state index is 12.1. The van der Waals surface area contributed by atoms with E-state index in [0.29, 0.717) is 11.1 Å². The second-order valence-corrected chi connectivity index (χ2v) is 7.42. The van der Waals surface area contributed by atoms with Crippen molar-refractivity contribution in [2.24, 2.45) is 5.92 Å². The Morgan fingerprint density at radius 2 is 2.31 bits per heavy atom. The SMILES string of the molecule is Cc1cccc(OCc2nnc(SCC(=O)NC(C)(C#N)C3CC3)o2)c1. The molecule has 2 aromatic rings. The molecule has 3 rings (SSSR count). The number of nitrogens with one attached hydrogen (secondary N) is 1. The Bertz CT molecular complexity index is 828. The fourth-order valence-electron chi connectivity index (χ4n) is 2.54. The molecule has 1 fully saturated rings. The minimum Gasteiger partial charge on any atom is -0.484 e. The third kappa shape index (κ3) is 4.76. The molecule has 0 aliphatic heterocycles. The molecule has 1 heterocycles. The number of carbonyl (C=O) groups is 1. The molecule has 8 heteroatoms. The molecule has 0 spiro atoms. The molecule has 1 amide bonds. The van der Waals surface area contributed by atoms with E-state index in [-0.39, 0.29) is 24.2 Å². The van der Waals surface area contributed by atoms with Crippen molar-refractivity contribution in [2.45, 2.75) is 44.1 Å². The number of aryl methyl sites for hydroxylation is 1. The molecular weight excluding hydrogens is 352 g/mol. The van der Waals surface area contributed by atoms with Gasteiger partial charge in [0.2, 0.25) is 5.91 Å². The predicted molar refractivity (Wildman–Crippen MR) is 95.4 cm³/mol. The van der Waals surface area contributed by atoms with Crippen LogP contribution in [0.15, 0.2) is 33.9 Å². The van der Waals surface area contributed by atoms with Gasteiger partial charge in [-0.05, 0) is 50.3 Å². The molecule has 1 saturated carbocycles. The van der Waals surface area contributed by atoms with Gasteiger partial charge in [0, 0.05) is 0 Å². The van der Waals surface area contributed by atoms with E-state index in [1.54, 1.807) is 6.92 Å². The molecule has 1 N–H and O–H groups in total. The zero-order valence-corrected chi connectivity index (χ0v) is 15.5. The van der Waals surface area contributed by atoms with Gasteiger partial charge in [-0.2, -0.15) is 5.26 Å². The average molecular weight is 372 g/mol. The normalized spacial score (nSPS) is 15.7. The summed E-state index contributed by atoms with van der Waals surface area (Å²) in [5.41, 5.74) is 0.310. The second-order valence-electron chi connectivity index (χ2n) is 6.49. The van der Waals surface area contributed by atoms with E-state index in [0.717, 1.165) is 35.9 Å². The summed E-state index contributed by atoms with van der Waals surface area (Å²) >= 11 is 1.14. The standard InChI is InChI=1S/C18H20N4O3S/c1-12-4-3-5-14(8-12)24-9-16-21-22-17(25-16)26-10-15(23)20-18(2,11-19)13-6-7-13/h3-5,8,13H,6-7,9-10H2,1-2H3,(H,20,23). The Labute approximate surface area is 156 Å². The van der Waals surface area contributed by atoms with Crippen molar-refractivity contribution in [2.75, 3.05) is 5.75 Å². The Balaban J connectivity index is 1.46. The van der Waals surface area contributed by atoms with E-state index >= 15 is 0 Å². The summed E-state index contributed by atoms with van der Waals surface area (Å²) in [7, 11) is 0. The monoisotopic (exact) mass is 372 g/mol. The summed E-state index contributed by atoms with van der Waals surface area (Å²) in [6.45, 7) is 3.91. The van der Waals surface area contributed by atoms with Gasteiger partial charge in [-0.25, -0.2) is 0 Å². The summed E-state index contributed by atoms with van der Waals surface area (Å²) in [6.07, 6.45) is 1.96. The molecule has 0 radical (unpaired) electrons. The van der Waals surface area contributed by atoms with Crippen LogP contribution in [0.25, 0.3) is 0 Å². The first-order valence-electron chi connectivity index (χ1n) is 8.35. The number of benzene rings is 1. The van der Waals surface area contributed by atoms with Gasteiger partial charge in [-0.3, -0.25) is 4.79 Å². The molecule has 0 bridgehead atoms. The second kappa shape index (κ2) is 7.79. The van der Waals surface area contributed by atoms with E-state index in [9.17, 15) is 10.1 Å². The lowest BCUT2D eigenvalue weighted by Crippen LogP contribution is -2.47. The number of carbonyl (C=O) groups excluding carboxylic acids is 1. The number of hydrogen-bond donors (Lipinski definition) is 1. The largest absolute Gasteiger partial charge is 0.484 e. The van der Waals surface area contributed by atoms with Crippen LogP contribution in [0.4, 0.5) is 0 Å². The number of aromatic nitrogens is 2. The first kappa shape index (κ1) is 18.3. The zero-order chi connectivity index (χ0) is 18.6. The lowest BCUT2D eigenvalue weighted by Gasteiger charge is -2.22. The molecule has 1 aromatic carbocycles. The first-order valence-corrected chi connectivity index (χ1v) is 9.34. The smallest absolute Gasteiger partial charge is 0.277 e. The minimum atomic E-state index is -0.792. The number of ether oxygens (including phenoxy) is 1. The fourth-order valence-corrected chi connectivity index (χ4v) is 3.12. The Kier molecular flexibility index (Phi) is 5.47. The maximum Gasteiger partial charge on any atom is 0.277 e. The number of hydrogen-bond acceptors (Lipinski definition) is 7. The summed E-state index contributed by atoms with van der Waals surface area (Å²) < 4.78 is 11.1. The van der Waals surface area contributed by atoms with Gasteiger partial charge in [0.25, 0.3) is 11.1 Å². The van der Waals surface area contributed by atoms with Crippen LogP contribution in [0.5, 0.6) is 5.75 Å². The number of rotatable bonds is 8. The molecule has 1 aromatic heterocycles. The summed E-state index contributed by atoms with van der Waals surface area (Å²) in [4.78, 5) is 12.1. The Morgan fingerprint density at radius 1 is 1.50 bits per heavy atom. The minimum absolute atomic E-state index is 0.115. The van der Waals surface area contributed by atoms with E-state index in [1.807, 2.05) is 31.2 Å². The van der Waals surface area contributed by atoms with Crippen LogP contribution in [-0.2, 0) is 11.4 Å². The van der Waals surface area contributed by atoms with Crippen molar-refractivity contribution in [1.82, 2.24) is 15.5 Å². The highest BCUT2D eigenvalue weighted by atomic mass is 32.2. The molecule has 7 nitrogen and oxygen atoms in total. The van der Waals surface area contributed by atoms with Crippen molar-refractivity contribution >= 4 is 17.7 Å². The van der Waals surface area contributed by atoms with E-state index < -0.39 is 5.54 Å². The molecule has 1 unspecified atom stereocenters. The average Bonchev–Trinajstić information content (AvgIpc) is 3.39. The van der Waals surface area contributed by atoms with Gasteiger partial charge in [-0.1, -0.05) is 23.9 Å². The van der Waals surface area contributed by atoms with E-state index in [4.69, 9.17) is 9.15 Å². The van der Waals surface area contributed by atoms with Crippen molar-refractivity contribution in [1.29, 1.82) is 5.26 Å². The first-order chi connectivity index (χ1) is 12.5. The highest BCUT2D eigenvalue weighted by Crippen LogP contribution is 2.39. The van der Waals surface area contributed by atoms with Crippen LogP contribution in [0.3, 0.4) is 0 Å². The van der Waals surface area contributed by atoms with Gasteiger partial charge in [0.15, 0.2) is 6.61 Å². The van der Waals surface area contributed by atoms with Gasteiger partial charge in [0.1, 0.15) is 11.3 Å². The highest BCUT2D eigenvalue weighted by Gasteiger charge is 2.42. The number of nitriles is 1. The van der Waals surface area contributed by atoms with Crippen molar-refractivity contribution < 1.29 is 13.9 Å². The third-order valence-electron chi connectivity index (χ3n) is 4.15. The quantitative estimate of drug-likeness (QED) is 0.711. The van der Waals surface area contributed by atoms with Crippen LogP contribution in [0.2, 0.25) is 0 Å². The number of nitrogens with zero attached hydrogens (tertiary/aromatic N) is 3. The predicted octanol–water partition coefficient (Wildman–Crippen LogP) is 2.86. The third-order valence-corrected chi connectivity index (χ3v) is 4.97. The molecule has 1 atom stereocenters. The fraction of sp³-hybridized carbons (Fsp3) is 0.444. The van der Waals surface area contributed by atoms with Crippen LogP contribution < -0.4 is 10.1 Å². The van der Waals surface area contributed by atoms with Gasteiger partial charge < -0.3 is 14.5 Å². The van der Waals surface area contributed by atoms with Crippen molar-refractivity contribution in [3.8, 4) is 11.8 Å². The maximum absolute atomic E-state index is 12.1. The molecule has 1 aliphatic carbocycles. The van der Waals surface area contributed by atoms with Crippen LogP contribution in [-0.4, -0.2) is 27.4 Å². The molecule has 0 saturated heterocycles. The molecule has 136 valence electrons. The van der Waals surface area contributed by atoms with E-state index in [1.165, 1.54) is 0 Å². The van der Waals surface area contributed by atoms with Crippen LogP contribution >= 0.6 is 11.8 Å². The summed E-state index contributed by atoms with van der Waals surface area (Å²) in [5.74, 6) is 1.21. The highest BCUT2D eigenvalue weighted by molar-refractivity contribution is 7.99. The number of thioether (sulfide) groups is 1. The topological polar surface area (TPSA) is 101 Å². The number of amides is 1. The lowest BCUT2D eigenvalue weighted by atomic mass is 9.98. The molecule has 26 heavy (non-hydrogen) atoms. The van der Waals surface area contributed by atoms with Gasteiger partial charge in [-0.15, -0.1) is 10.2 Å².